The molecule has 2 heterocycles. The van der Waals surface area contributed by atoms with Gasteiger partial charge in [0.2, 0.25) is 0 Å². The summed E-state index contributed by atoms with van der Waals surface area (Å²) in [5.74, 6) is 5.26. The molecule has 0 bridgehead atoms. The second-order valence-electron chi connectivity index (χ2n) is 4.35. The van der Waals surface area contributed by atoms with Crippen molar-refractivity contribution in [2.24, 2.45) is 0 Å². The molecular formula is C13H15N3O2S2. The SMILES string of the molecule is COc1ccc(N)c(-c2nc(C3CSCCS3)no2)c1. The van der Waals surface area contributed by atoms with E-state index in [0.29, 0.717) is 16.8 Å². The lowest BCUT2D eigenvalue weighted by Crippen LogP contribution is -2.07. The number of hydrogen-bond donors (Lipinski definition) is 1. The van der Waals surface area contributed by atoms with E-state index < -0.39 is 0 Å². The number of aromatic nitrogens is 2. The predicted octanol–water partition coefficient (Wildman–Crippen LogP) is 2.85. The van der Waals surface area contributed by atoms with E-state index in [1.54, 1.807) is 13.2 Å². The number of nitrogen functional groups attached to an aromatic ring is 1. The maximum atomic E-state index is 5.97. The van der Waals surface area contributed by atoms with E-state index in [2.05, 4.69) is 10.1 Å². The average molecular weight is 309 g/mol. The van der Waals surface area contributed by atoms with Crippen molar-refractivity contribution >= 4 is 29.2 Å². The highest BCUT2D eigenvalue weighted by molar-refractivity contribution is 8.06. The van der Waals surface area contributed by atoms with Crippen molar-refractivity contribution in [3.63, 3.8) is 0 Å². The van der Waals surface area contributed by atoms with Crippen LogP contribution in [0.5, 0.6) is 5.75 Å². The van der Waals surface area contributed by atoms with E-state index >= 15 is 0 Å². The Bertz CT molecular complexity index is 597. The third-order valence-electron chi connectivity index (χ3n) is 3.04. The van der Waals surface area contributed by atoms with E-state index in [4.69, 9.17) is 15.0 Å². The summed E-state index contributed by atoms with van der Waals surface area (Å²) in [5.41, 5.74) is 7.29. The molecule has 1 saturated heterocycles. The number of rotatable bonds is 3. The number of methoxy groups -OCH3 is 1. The fraction of sp³-hybridized carbons (Fsp3) is 0.385. The topological polar surface area (TPSA) is 74.2 Å². The van der Waals surface area contributed by atoms with Gasteiger partial charge in [-0.2, -0.15) is 16.7 Å². The fourth-order valence-corrected chi connectivity index (χ4v) is 4.55. The Labute approximate surface area is 125 Å². The zero-order valence-corrected chi connectivity index (χ0v) is 12.7. The molecule has 1 atom stereocenters. The highest BCUT2D eigenvalue weighted by atomic mass is 32.2. The molecule has 1 aromatic carbocycles. The number of anilines is 1. The van der Waals surface area contributed by atoms with Crippen molar-refractivity contribution in [2.45, 2.75) is 5.25 Å². The Hall–Kier alpha value is -1.34. The summed E-state index contributed by atoms with van der Waals surface area (Å²) in [6.07, 6.45) is 0. The standard InChI is InChI=1S/C13H15N3O2S2/c1-17-8-2-3-10(14)9(6-8)13-15-12(16-18-13)11-7-19-4-5-20-11/h2-3,6,11H,4-5,7,14H2,1H3. The first kappa shape index (κ1) is 13.6. The van der Waals surface area contributed by atoms with Crippen molar-refractivity contribution in [1.82, 2.24) is 10.1 Å². The largest absolute Gasteiger partial charge is 0.497 e. The Morgan fingerprint density at radius 2 is 2.30 bits per heavy atom. The van der Waals surface area contributed by atoms with Crippen LogP contribution in [0.2, 0.25) is 0 Å². The van der Waals surface area contributed by atoms with Crippen LogP contribution in [0.25, 0.3) is 11.5 Å². The monoisotopic (exact) mass is 309 g/mol. The predicted molar refractivity (Wildman–Crippen MR) is 83.2 cm³/mol. The molecular weight excluding hydrogens is 294 g/mol. The van der Waals surface area contributed by atoms with Gasteiger partial charge < -0.3 is 15.0 Å². The van der Waals surface area contributed by atoms with Crippen LogP contribution in [0.4, 0.5) is 5.69 Å². The van der Waals surface area contributed by atoms with Crippen molar-refractivity contribution in [1.29, 1.82) is 0 Å². The van der Waals surface area contributed by atoms with Gasteiger partial charge in [0.15, 0.2) is 5.82 Å². The highest BCUT2D eigenvalue weighted by Gasteiger charge is 2.23. The number of ether oxygens (including phenoxy) is 1. The van der Waals surface area contributed by atoms with Crippen LogP contribution in [-0.2, 0) is 0 Å². The van der Waals surface area contributed by atoms with Crippen LogP contribution in [0.15, 0.2) is 22.7 Å². The molecule has 0 aliphatic carbocycles. The first-order valence-electron chi connectivity index (χ1n) is 6.25. The van der Waals surface area contributed by atoms with Crippen molar-refractivity contribution in [3.8, 4) is 17.2 Å². The minimum atomic E-state index is 0.304. The Morgan fingerprint density at radius 1 is 1.40 bits per heavy atom. The molecule has 1 unspecified atom stereocenters. The van der Waals surface area contributed by atoms with Crippen LogP contribution in [-0.4, -0.2) is 34.5 Å². The van der Waals surface area contributed by atoms with Gasteiger partial charge in [-0.15, -0.1) is 11.8 Å². The molecule has 106 valence electrons. The van der Waals surface area contributed by atoms with Crippen molar-refractivity contribution < 1.29 is 9.26 Å². The van der Waals surface area contributed by atoms with Gasteiger partial charge in [-0.05, 0) is 18.2 Å². The van der Waals surface area contributed by atoms with E-state index in [1.165, 1.54) is 5.75 Å². The Kier molecular flexibility index (Phi) is 4.07. The van der Waals surface area contributed by atoms with E-state index in [0.717, 1.165) is 28.6 Å². The molecule has 3 rings (SSSR count). The molecule has 7 heteroatoms. The van der Waals surface area contributed by atoms with Gasteiger partial charge in [0.05, 0.1) is 17.9 Å². The van der Waals surface area contributed by atoms with E-state index in [-0.39, 0.29) is 0 Å². The molecule has 1 aromatic heterocycles. The van der Waals surface area contributed by atoms with Gasteiger partial charge in [0.1, 0.15) is 5.75 Å². The minimum absolute atomic E-state index is 0.304. The molecule has 5 nitrogen and oxygen atoms in total. The molecule has 20 heavy (non-hydrogen) atoms. The van der Waals surface area contributed by atoms with Crippen LogP contribution in [0, 0.1) is 0 Å². The van der Waals surface area contributed by atoms with Gasteiger partial charge in [0.25, 0.3) is 5.89 Å². The zero-order valence-electron chi connectivity index (χ0n) is 11.0. The number of thioether (sulfide) groups is 2. The summed E-state index contributed by atoms with van der Waals surface area (Å²) in [4.78, 5) is 4.49. The molecule has 0 radical (unpaired) electrons. The van der Waals surface area contributed by atoms with Crippen LogP contribution >= 0.6 is 23.5 Å². The summed E-state index contributed by atoms with van der Waals surface area (Å²) < 4.78 is 10.6. The summed E-state index contributed by atoms with van der Waals surface area (Å²) in [7, 11) is 1.62. The number of benzene rings is 1. The molecule has 1 aliphatic rings. The second kappa shape index (κ2) is 5.97. The molecule has 0 saturated carbocycles. The molecule has 2 N–H and O–H groups in total. The highest BCUT2D eigenvalue weighted by Crippen LogP contribution is 2.36. The van der Waals surface area contributed by atoms with Gasteiger partial charge in [0, 0.05) is 22.9 Å². The van der Waals surface area contributed by atoms with Crippen LogP contribution in [0.1, 0.15) is 11.1 Å². The number of nitrogens with zero attached hydrogens (tertiary/aromatic N) is 2. The van der Waals surface area contributed by atoms with Crippen LogP contribution < -0.4 is 10.5 Å². The Balaban J connectivity index is 1.89. The molecule has 1 fully saturated rings. The zero-order chi connectivity index (χ0) is 13.9. The smallest absolute Gasteiger partial charge is 0.260 e. The molecule has 0 spiro atoms. The minimum Gasteiger partial charge on any atom is -0.497 e. The number of nitrogens with two attached hydrogens (primary N) is 1. The molecule has 2 aromatic rings. The summed E-state index contributed by atoms with van der Waals surface area (Å²) in [6.45, 7) is 0. The summed E-state index contributed by atoms with van der Waals surface area (Å²) >= 11 is 3.80. The van der Waals surface area contributed by atoms with Gasteiger partial charge >= 0.3 is 0 Å². The second-order valence-corrected chi connectivity index (χ2v) is 6.81. The maximum Gasteiger partial charge on any atom is 0.260 e. The lowest BCUT2D eigenvalue weighted by atomic mass is 10.1. The molecule has 1 aliphatic heterocycles. The first-order valence-corrected chi connectivity index (χ1v) is 8.45. The normalized spacial score (nSPS) is 18.9. The van der Waals surface area contributed by atoms with E-state index in [9.17, 15) is 0 Å². The number of hydrogen-bond acceptors (Lipinski definition) is 7. The van der Waals surface area contributed by atoms with Crippen molar-refractivity contribution in [2.75, 3.05) is 30.1 Å². The fourth-order valence-electron chi connectivity index (χ4n) is 1.96. The average Bonchev–Trinajstić information content (AvgIpc) is 2.98. The lowest BCUT2D eigenvalue weighted by molar-refractivity contribution is 0.412. The van der Waals surface area contributed by atoms with Gasteiger partial charge in [-0.3, -0.25) is 0 Å². The van der Waals surface area contributed by atoms with Gasteiger partial charge in [-0.1, -0.05) is 5.16 Å². The Morgan fingerprint density at radius 3 is 3.05 bits per heavy atom. The third-order valence-corrected chi connectivity index (χ3v) is 5.79. The van der Waals surface area contributed by atoms with Crippen molar-refractivity contribution in [3.05, 3.63) is 24.0 Å². The summed E-state index contributed by atoms with van der Waals surface area (Å²) in [5, 5.41) is 4.40. The van der Waals surface area contributed by atoms with Gasteiger partial charge in [-0.25, -0.2) is 0 Å². The lowest BCUT2D eigenvalue weighted by Gasteiger charge is -2.16. The quantitative estimate of drug-likeness (QED) is 0.874. The summed E-state index contributed by atoms with van der Waals surface area (Å²) in [6, 6.07) is 5.41. The molecule has 0 amide bonds. The first-order chi connectivity index (χ1) is 9.78. The maximum absolute atomic E-state index is 5.97. The third kappa shape index (κ3) is 2.73. The van der Waals surface area contributed by atoms with Crippen LogP contribution in [0.3, 0.4) is 0 Å². The van der Waals surface area contributed by atoms with E-state index in [1.807, 2.05) is 35.7 Å².